The maximum Gasteiger partial charge on any atom is 0.144 e. The highest BCUT2D eigenvalue weighted by molar-refractivity contribution is 14.1. The second-order valence-corrected chi connectivity index (χ2v) is 5.83. The SMILES string of the molecule is C=C(c1ccc(I)cc1)C1(c2ccccc2F)CO1. The molecule has 0 bridgehead atoms. The van der Waals surface area contributed by atoms with Gasteiger partial charge in [-0.2, -0.15) is 0 Å². The Morgan fingerprint density at radius 2 is 1.79 bits per heavy atom. The Morgan fingerprint density at radius 3 is 2.37 bits per heavy atom. The van der Waals surface area contributed by atoms with Gasteiger partial charge in [0.15, 0.2) is 0 Å². The van der Waals surface area contributed by atoms with Crippen molar-refractivity contribution in [2.24, 2.45) is 0 Å². The number of hydrogen-bond acceptors (Lipinski definition) is 1. The lowest BCUT2D eigenvalue weighted by Crippen LogP contribution is -2.13. The fourth-order valence-electron chi connectivity index (χ4n) is 2.24. The Morgan fingerprint density at radius 1 is 1.16 bits per heavy atom. The second kappa shape index (κ2) is 4.72. The molecule has 0 saturated carbocycles. The standard InChI is InChI=1S/C16H12FIO/c1-11(12-6-8-13(18)9-7-12)16(10-19-16)14-4-2-3-5-15(14)17/h2-9H,1,10H2. The molecule has 0 N–H and O–H groups in total. The van der Waals surface area contributed by atoms with E-state index in [4.69, 9.17) is 4.74 Å². The van der Waals surface area contributed by atoms with Crippen LogP contribution in [0.3, 0.4) is 0 Å². The Balaban J connectivity index is 2.00. The summed E-state index contributed by atoms with van der Waals surface area (Å²) < 4.78 is 20.7. The summed E-state index contributed by atoms with van der Waals surface area (Å²) in [6.07, 6.45) is 0. The van der Waals surface area contributed by atoms with Crippen molar-refractivity contribution in [2.75, 3.05) is 6.61 Å². The molecule has 1 unspecified atom stereocenters. The van der Waals surface area contributed by atoms with Gasteiger partial charge in [0.1, 0.15) is 11.4 Å². The average molecular weight is 366 g/mol. The summed E-state index contributed by atoms with van der Waals surface area (Å²) >= 11 is 2.25. The Hall–Kier alpha value is -1.20. The van der Waals surface area contributed by atoms with E-state index in [1.165, 1.54) is 6.07 Å². The van der Waals surface area contributed by atoms with Crippen molar-refractivity contribution >= 4 is 28.2 Å². The molecule has 96 valence electrons. The van der Waals surface area contributed by atoms with Crippen LogP contribution in [0.25, 0.3) is 5.57 Å². The minimum Gasteiger partial charge on any atom is -0.359 e. The van der Waals surface area contributed by atoms with Crippen LogP contribution in [0, 0.1) is 9.39 Å². The molecular formula is C16H12FIO. The Kier molecular flexibility index (Phi) is 3.19. The van der Waals surface area contributed by atoms with Crippen LogP contribution < -0.4 is 0 Å². The fourth-order valence-corrected chi connectivity index (χ4v) is 2.60. The summed E-state index contributed by atoms with van der Waals surface area (Å²) in [6.45, 7) is 4.60. The minimum absolute atomic E-state index is 0.244. The summed E-state index contributed by atoms with van der Waals surface area (Å²) in [5.41, 5.74) is 1.69. The molecule has 1 atom stereocenters. The van der Waals surface area contributed by atoms with Gasteiger partial charge in [-0.3, -0.25) is 0 Å². The molecule has 1 aliphatic heterocycles. The van der Waals surface area contributed by atoms with Crippen molar-refractivity contribution in [1.29, 1.82) is 0 Å². The summed E-state index contributed by atoms with van der Waals surface area (Å²) in [6, 6.07) is 14.7. The third-order valence-corrected chi connectivity index (χ3v) is 4.14. The van der Waals surface area contributed by atoms with Gasteiger partial charge in [0, 0.05) is 9.13 Å². The van der Waals surface area contributed by atoms with E-state index in [-0.39, 0.29) is 5.82 Å². The Labute approximate surface area is 125 Å². The van der Waals surface area contributed by atoms with E-state index in [2.05, 4.69) is 29.2 Å². The van der Waals surface area contributed by atoms with Crippen LogP contribution in [0.2, 0.25) is 0 Å². The maximum absolute atomic E-state index is 13.9. The van der Waals surface area contributed by atoms with Gasteiger partial charge in [-0.05, 0) is 51.9 Å². The molecule has 0 spiro atoms. The van der Waals surface area contributed by atoms with E-state index in [1.54, 1.807) is 12.1 Å². The third kappa shape index (κ3) is 2.21. The van der Waals surface area contributed by atoms with E-state index >= 15 is 0 Å². The first kappa shape index (κ1) is 12.8. The minimum atomic E-state index is -0.682. The molecule has 3 heteroatoms. The Bertz CT molecular complexity index is 629. The fraction of sp³-hybridized carbons (Fsp3) is 0.125. The van der Waals surface area contributed by atoms with E-state index < -0.39 is 5.60 Å². The van der Waals surface area contributed by atoms with Crippen molar-refractivity contribution in [3.63, 3.8) is 0 Å². The van der Waals surface area contributed by atoms with Gasteiger partial charge < -0.3 is 4.74 Å². The van der Waals surface area contributed by atoms with Crippen molar-refractivity contribution in [3.05, 3.63) is 75.6 Å². The average Bonchev–Trinajstić information content (AvgIpc) is 3.21. The number of rotatable bonds is 3. The molecule has 1 saturated heterocycles. The van der Waals surface area contributed by atoms with Crippen LogP contribution in [0.15, 0.2) is 55.1 Å². The number of halogens is 2. The molecule has 0 aliphatic carbocycles. The summed E-state index contributed by atoms with van der Waals surface area (Å²) in [4.78, 5) is 0. The third-order valence-electron chi connectivity index (χ3n) is 3.42. The molecule has 1 nitrogen and oxygen atoms in total. The van der Waals surface area contributed by atoms with Gasteiger partial charge in [-0.1, -0.05) is 36.9 Å². The van der Waals surface area contributed by atoms with Crippen molar-refractivity contribution in [1.82, 2.24) is 0 Å². The molecular weight excluding hydrogens is 354 g/mol. The predicted molar refractivity (Wildman–Crippen MR) is 82.2 cm³/mol. The smallest absolute Gasteiger partial charge is 0.144 e. The lowest BCUT2D eigenvalue weighted by atomic mass is 9.88. The lowest BCUT2D eigenvalue weighted by Gasteiger charge is -2.16. The molecule has 2 aromatic carbocycles. The highest BCUT2D eigenvalue weighted by Gasteiger charge is 2.50. The second-order valence-electron chi connectivity index (χ2n) is 4.58. The molecule has 2 aromatic rings. The first-order valence-electron chi connectivity index (χ1n) is 5.98. The van der Waals surface area contributed by atoms with Crippen LogP contribution in [0.1, 0.15) is 11.1 Å². The molecule has 19 heavy (non-hydrogen) atoms. The first-order chi connectivity index (χ1) is 9.13. The highest BCUT2D eigenvalue weighted by Crippen LogP contribution is 2.49. The summed E-state index contributed by atoms with van der Waals surface area (Å²) in [5.74, 6) is -0.244. The zero-order chi connectivity index (χ0) is 13.5. The normalized spacial score (nSPS) is 21.2. The number of hydrogen-bond donors (Lipinski definition) is 0. The van der Waals surface area contributed by atoms with E-state index in [0.29, 0.717) is 12.2 Å². The molecule has 1 fully saturated rings. The molecule has 3 rings (SSSR count). The van der Waals surface area contributed by atoms with Crippen LogP contribution >= 0.6 is 22.6 Å². The van der Waals surface area contributed by atoms with Crippen LogP contribution in [-0.2, 0) is 10.3 Å². The van der Waals surface area contributed by atoms with Gasteiger partial charge in [-0.15, -0.1) is 0 Å². The summed E-state index contributed by atoms with van der Waals surface area (Å²) in [5, 5.41) is 0. The predicted octanol–water partition coefficient (Wildman–Crippen LogP) is 4.37. The zero-order valence-electron chi connectivity index (χ0n) is 10.2. The van der Waals surface area contributed by atoms with E-state index in [9.17, 15) is 4.39 Å². The monoisotopic (exact) mass is 366 g/mol. The lowest BCUT2D eigenvalue weighted by molar-refractivity contribution is 0.357. The first-order valence-corrected chi connectivity index (χ1v) is 7.06. The van der Waals surface area contributed by atoms with Crippen LogP contribution in [0.5, 0.6) is 0 Å². The van der Waals surface area contributed by atoms with Gasteiger partial charge in [0.05, 0.1) is 6.61 Å². The highest BCUT2D eigenvalue weighted by atomic mass is 127. The topological polar surface area (TPSA) is 12.5 Å². The van der Waals surface area contributed by atoms with Crippen LogP contribution in [0.4, 0.5) is 4.39 Å². The van der Waals surface area contributed by atoms with Crippen LogP contribution in [-0.4, -0.2) is 6.61 Å². The van der Waals surface area contributed by atoms with Gasteiger partial charge in [0.2, 0.25) is 0 Å². The van der Waals surface area contributed by atoms with E-state index in [0.717, 1.165) is 14.7 Å². The molecule has 1 aliphatic rings. The van der Waals surface area contributed by atoms with E-state index in [1.807, 2.05) is 30.3 Å². The van der Waals surface area contributed by atoms with Crippen molar-refractivity contribution < 1.29 is 9.13 Å². The zero-order valence-corrected chi connectivity index (χ0v) is 12.4. The van der Waals surface area contributed by atoms with Gasteiger partial charge in [0.25, 0.3) is 0 Å². The molecule has 0 amide bonds. The number of ether oxygens (including phenoxy) is 1. The number of benzene rings is 2. The van der Waals surface area contributed by atoms with Gasteiger partial charge in [-0.25, -0.2) is 4.39 Å². The summed E-state index contributed by atoms with van der Waals surface area (Å²) in [7, 11) is 0. The maximum atomic E-state index is 13.9. The largest absolute Gasteiger partial charge is 0.359 e. The van der Waals surface area contributed by atoms with Gasteiger partial charge >= 0.3 is 0 Å². The number of epoxide rings is 1. The molecule has 1 heterocycles. The molecule has 0 radical (unpaired) electrons. The van der Waals surface area contributed by atoms with Crippen molar-refractivity contribution in [2.45, 2.75) is 5.60 Å². The van der Waals surface area contributed by atoms with Crippen molar-refractivity contribution in [3.8, 4) is 0 Å². The molecule has 0 aromatic heterocycles. The quantitative estimate of drug-likeness (QED) is 0.581.